The summed E-state index contributed by atoms with van der Waals surface area (Å²) in [7, 11) is -18.1. The van der Waals surface area contributed by atoms with Crippen molar-refractivity contribution >= 4 is 40.5 Å². The molecule has 9 rings (SSSR count). The molecule has 0 unspecified atom stereocenters. The summed E-state index contributed by atoms with van der Waals surface area (Å²) in [6, 6.07) is 35.8. The zero-order chi connectivity index (χ0) is 49.6. The third kappa shape index (κ3) is 10.1. The van der Waals surface area contributed by atoms with E-state index in [0.29, 0.717) is 45.0 Å². The summed E-state index contributed by atoms with van der Waals surface area (Å²) in [6.45, 7) is 0. The van der Waals surface area contributed by atoms with Gasteiger partial charge in [-0.25, -0.2) is 24.9 Å². The van der Waals surface area contributed by atoms with Crippen molar-refractivity contribution in [2.45, 2.75) is 19.6 Å². The van der Waals surface area contributed by atoms with E-state index >= 15 is 0 Å². The lowest BCUT2D eigenvalue weighted by molar-refractivity contribution is 0.481. The van der Waals surface area contributed by atoms with Crippen LogP contribution in [-0.4, -0.2) is 97.2 Å². The highest BCUT2D eigenvalue weighted by Crippen LogP contribution is 2.34. The van der Waals surface area contributed by atoms with Crippen molar-refractivity contribution in [3.05, 3.63) is 152 Å². The Morgan fingerprint density at radius 2 is 0.486 bits per heavy atom. The quantitative estimate of drug-likeness (QED) is 0.0940. The number of rotatable bonds is 12. The molecule has 0 amide bonds. The summed E-state index contributed by atoms with van der Waals surface area (Å²) < 4.78 is 132. The summed E-state index contributed by atoms with van der Waals surface area (Å²) in [5, 5.41) is 17.4. The molecule has 0 fully saturated rings. The van der Waals surface area contributed by atoms with E-state index in [1.807, 2.05) is 0 Å². The van der Waals surface area contributed by atoms with Gasteiger partial charge in [-0.2, -0.15) is 33.7 Å². The highest BCUT2D eigenvalue weighted by Gasteiger charge is 2.21. The molecular formula is C45H29N9O12S4. The van der Waals surface area contributed by atoms with E-state index in [9.17, 15) is 51.9 Å². The molecule has 0 spiro atoms. The van der Waals surface area contributed by atoms with Crippen LogP contribution in [0, 0.1) is 0 Å². The third-order valence-corrected chi connectivity index (χ3v) is 13.8. The van der Waals surface area contributed by atoms with Crippen LogP contribution >= 0.6 is 0 Å². The van der Waals surface area contributed by atoms with Crippen molar-refractivity contribution in [2.24, 2.45) is 0 Å². The Kier molecular flexibility index (Phi) is 12.2. The maximum Gasteiger partial charge on any atom is 0.294 e. The van der Waals surface area contributed by atoms with Crippen LogP contribution in [0.25, 0.3) is 90.8 Å². The molecule has 25 heteroatoms. The molecule has 0 radical (unpaired) electrons. The van der Waals surface area contributed by atoms with Crippen molar-refractivity contribution in [1.29, 1.82) is 0 Å². The fourth-order valence-corrected chi connectivity index (χ4v) is 8.84. The van der Waals surface area contributed by atoms with Gasteiger partial charge in [0.05, 0.1) is 42.4 Å². The summed E-state index contributed by atoms with van der Waals surface area (Å²) in [4.78, 5) is 22.4. The minimum atomic E-state index is -4.53. The van der Waals surface area contributed by atoms with Gasteiger partial charge in [0.25, 0.3) is 40.5 Å². The number of pyridine rings is 3. The molecule has 0 bridgehead atoms. The monoisotopic (exact) mass is 1020 g/mol. The van der Waals surface area contributed by atoms with Crippen molar-refractivity contribution in [3.8, 4) is 90.8 Å². The number of hydrogen-bond donors (Lipinski definition) is 4. The van der Waals surface area contributed by atoms with Gasteiger partial charge in [-0.3, -0.25) is 18.2 Å². The fraction of sp³-hybridized carbons (Fsp3) is 0. The van der Waals surface area contributed by atoms with Gasteiger partial charge in [0.1, 0.15) is 34.2 Å². The molecule has 5 heterocycles. The lowest BCUT2D eigenvalue weighted by Gasteiger charge is -2.11. The van der Waals surface area contributed by atoms with Crippen LogP contribution in [0.4, 0.5) is 0 Å². The SMILES string of the molecule is O=S(=O)(O)c1ccc(-c2nnc(-c3cccc(-c4cccc(-c5cccc(-c6nnc(-c7ccc(S(=O)(=O)O)cc7)c(-c7ccc(S(=O)(=O)O)cc7)n6)n5)n4)n3)nc2-c2ccc(S(=O)(=O)O)cc2)cc1. The molecule has 4 aromatic carbocycles. The topological polar surface area (TPSA) is 333 Å². The zero-order valence-corrected chi connectivity index (χ0v) is 38.4. The number of nitrogens with zero attached hydrogens (tertiary/aromatic N) is 9. The summed E-state index contributed by atoms with van der Waals surface area (Å²) in [5.41, 5.74) is 4.25. The van der Waals surface area contributed by atoms with Crippen LogP contribution in [0.1, 0.15) is 0 Å². The van der Waals surface area contributed by atoms with E-state index in [2.05, 4.69) is 20.4 Å². The predicted octanol–water partition coefficient (Wildman–Crippen LogP) is 6.56. The smallest absolute Gasteiger partial charge is 0.282 e. The fourth-order valence-electron chi connectivity index (χ4n) is 6.92. The number of benzene rings is 4. The first-order valence-corrected chi connectivity index (χ1v) is 25.7. The highest BCUT2D eigenvalue weighted by atomic mass is 32.2. The third-order valence-electron chi connectivity index (χ3n) is 10.3. The molecule has 0 saturated heterocycles. The normalized spacial score (nSPS) is 12.2. The Bertz CT molecular complexity index is 3730. The average molecular weight is 1020 g/mol. The molecule has 0 atom stereocenters. The van der Waals surface area contributed by atoms with E-state index < -0.39 is 40.5 Å². The molecule has 4 N–H and O–H groups in total. The Morgan fingerprint density at radius 1 is 0.257 bits per heavy atom. The van der Waals surface area contributed by atoms with Crippen LogP contribution in [-0.2, 0) is 40.5 Å². The number of aromatic nitrogens is 9. The summed E-state index contributed by atoms with van der Waals surface area (Å²) >= 11 is 0. The van der Waals surface area contributed by atoms with E-state index in [1.54, 1.807) is 54.6 Å². The van der Waals surface area contributed by atoms with Gasteiger partial charge < -0.3 is 0 Å². The molecular weight excluding hydrogens is 987 g/mol. The first kappa shape index (κ1) is 47.1. The van der Waals surface area contributed by atoms with E-state index in [1.165, 1.54) is 97.1 Å². The van der Waals surface area contributed by atoms with Crippen LogP contribution in [0.3, 0.4) is 0 Å². The van der Waals surface area contributed by atoms with Gasteiger partial charge in [-0.05, 0) is 84.9 Å². The summed E-state index contributed by atoms with van der Waals surface area (Å²) in [5.74, 6) is 0.0889. The predicted molar refractivity (Wildman–Crippen MR) is 249 cm³/mol. The Morgan fingerprint density at radius 3 is 0.743 bits per heavy atom. The second kappa shape index (κ2) is 18.1. The molecule has 0 saturated carbocycles. The van der Waals surface area contributed by atoms with Crippen LogP contribution < -0.4 is 0 Å². The lowest BCUT2D eigenvalue weighted by atomic mass is 10.0. The maximum atomic E-state index is 11.8. The van der Waals surface area contributed by atoms with Gasteiger partial charge in [0.15, 0.2) is 0 Å². The standard InChI is InChI=1S/C45H29N9O12S4/c55-67(56,57)30-18-10-26(11-19-30)40-42(28-14-22-32(23-15-28)69(61,62)63)51-53-44(49-40)38-8-2-6-36(47-38)34-4-1-5-35(46-34)37-7-3-9-39(48-37)45-50-41(27-12-20-31(21-13-27)68(58,59)60)43(52-54-45)29-16-24-33(25-17-29)70(64,65)66/h1-25H,(H,55,56,57)(H,58,59,60)(H,61,62,63)(H,64,65,66). The average Bonchev–Trinajstić information content (AvgIpc) is 3.35. The maximum absolute atomic E-state index is 11.8. The van der Waals surface area contributed by atoms with Gasteiger partial charge in [0.2, 0.25) is 11.6 Å². The zero-order valence-electron chi connectivity index (χ0n) is 35.1. The second-order valence-electron chi connectivity index (χ2n) is 14.9. The minimum absolute atomic E-state index is 0.0445. The molecule has 0 aliphatic carbocycles. The summed E-state index contributed by atoms with van der Waals surface area (Å²) in [6.07, 6.45) is 0. The van der Waals surface area contributed by atoms with Gasteiger partial charge >= 0.3 is 0 Å². The minimum Gasteiger partial charge on any atom is -0.282 e. The molecule has 21 nitrogen and oxygen atoms in total. The van der Waals surface area contributed by atoms with Crippen molar-refractivity contribution < 1.29 is 51.9 Å². The molecule has 0 aliphatic heterocycles. The lowest BCUT2D eigenvalue weighted by Crippen LogP contribution is -2.03. The Balaban J connectivity index is 1.06. The van der Waals surface area contributed by atoms with E-state index in [-0.39, 0.29) is 65.4 Å². The highest BCUT2D eigenvalue weighted by molar-refractivity contribution is 7.86. The van der Waals surface area contributed by atoms with E-state index in [4.69, 9.17) is 24.9 Å². The van der Waals surface area contributed by atoms with Gasteiger partial charge in [-0.1, -0.05) is 66.7 Å². The van der Waals surface area contributed by atoms with Crippen molar-refractivity contribution in [1.82, 2.24) is 45.3 Å². The second-order valence-corrected chi connectivity index (χ2v) is 20.6. The first-order chi connectivity index (χ1) is 33.2. The molecule has 0 aliphatic rings. The van der Waals surface area contributed by atoms with E-state index in [0.717, 1.165) is 0 Å². The van der Waals surface area contributed by atoms with Gasteiger partial charge in [0, 0.05) is 22.3 Å². The van der Waals surface area contributed by atoms with Crippen molar-refractivity contribution in [3.63, 3.8) is 0 Å². The number of hydrogen-bond acceptors (Lipinski definition) is 17. The molecule has 5 aromatic heterocycles. The van der Waals surface area contributed by atoms with Gasteiger partial charge in [-0.15, -0.1) is 20.4 Å². The Labute approximate surface area is 397 Å². The Hall–Kier alpha value is -8.01. The molecule has 70 heavy (non-hydrogen) atoms. The van der Waals surface area contributed by atoms with Crippen molar-refractivity contribution in [2.75, 3.05) is 0 Å². The largest absolute Gasteiger partial charge is 0.294 e. The van der Waals surface area contributed by atoms with Crippen LogP contribution in [0.15, 0.2) is 171 Å². The molecule has 350 valence electrons. The van der Waals surface area contributed by atoms with Crippen LogP contribution in [0.2, 0.25) is 0 Å². The molecule has 9 aromatic rings. The van der Waals surface area contributed by atoms with Crippen LogP contribution in [0.5, 0.6) is 0 Å². The first-order valence-electron chi connectivity index (χ1n) is 19.9.